The molecule has 1 heterocycles. The first-order valence-electron chi connectivity index (χ1n) is 6.70. The van der Waals surface area contributed by atoms with Crippen molar-refractivity contribution >= 4 is 32.6 Å². The second-order valence-electron chi connectivity index (χ2n) is 5.43. The normalized spacial score (nSPS) is 11.7. The van der Waals surface area contributed by atoms with Gasteiger partial charge in [0.15, 0.2) is 5.13 Å². The van der Waals surface area contributed by atoms with E-state index in [0.29, 0.717) is 5.13 Å². The van der Waals surface area contributed by atoms with Crippen LogP contribution >= 0.6 is 11.3 Å². The Labute approximate surface area is 118 Å². The summed E-state index contributed by atoms with van der Waals surface area (Å²) in [6.07, 6.45) is 3.08. The average molecular weight is 276 g/mol. The van der Waals surface area contributed by atoms with Crippen molar-refractivity contribution in [2.45, 2.75) is 40.0 Å². The van der Waals surface area contributed by atoms with E-state index in [0.717, 1.165) is 29.5 Å². The van der Waals surface area contributed by atoms with Crippen LogP contribution in [0.5, 0.6) is 0 Å². The molecule has 0 spiro atoms. The molecular formula is C15H20N2OS. The summed E-state index contributed by atoms with van der Waals surface area (Å²) in [4.78, 5) is 16.7. The predicted molar refractivity (Wildman–Crippen MR) is 81.6 cm³/mol. The van der Waals surface area contributed by atoms with Crippen molar-refractivity contribution in [3.8, 4) is 0 Å². The number of hydrogen-bond donors (Lipinski definition) is 1. The summed E-state index contributed by atoms with van der Waals surface area (Å²) < 4.78 is 1.10. The number of aromatic nitrogens is 1. The number of carbonyl (C=O) groups excluding carboxylic acids is 1. The highest BCUT2D eigenvalue weighted by Gasteiger charge is 2.27. The molecule has 0 bridgehead atoms. The van der Waals surface area contributed by atoms with Gasteiger partial charge in [-0.15, -0.1) is 0 Å². The molecule has 0 radical (unpaired) electrons. The van der Waals surface area contributed by atoms with Crippen LogP contribution in [-0.4, -0.2) is 10.9 Å². The maximum Gasteiger partial charge on any atom is 0.231 e. The van der Waals surface area contributed by atoms with Crippen molar-refractivity contribution in [2.75, 3.05) is 5.32 Å². The van der Waals surface area contributed by atoms with E-state index in [1.54, 1.807) is 0 Å². The number of rotatable bonds is 5. The zero-order valence-corrected chi connectivity index (χ0v) is 12.5. The van der Waals surface area contributed by atoms with Crippen LogP contribution in [0.4, 0.5) is 5.13 Å². The molecule has 3 nitrogen and oxygen atoms in total. The van der Waals surface area contributed by atoms with Gasteiger partial charge in [0, 0.05) is 5.41 Å². The zero-order valence-electron chi connectivity index (χ0n) is 11.7. The van der Waals surface area contributed by atoms with Gasteiger partial charge in [-0.2, -0.15) is 0 Å². The Morgan fingerprint density at radius 1 is 1.37 bits per heavy atom. The summed E-state index contributed by atoms with van der Waals surface area (Å²) in [5, 5.41) is 3.64. The van der Waals surface area contributed by atoms with Crippen molar-refractivity contribution in [3.63, 3.8) is 0 Å². The van der Waals surface area contributed by atoms with Gasteiger partial charge >= 0.3 is 0 Å². The summed E-state index contributed by atoms with van der Waals surface area (Å²) in [6.45, 7) is 6.12. The molecular weight excluding hydrogens is 256 g/mol. The Hall–Kier alpha value is -1.42. The molecule has 102 valence electrons. The molecule has 1 N–H and O–H groups in total. The Balaban J connectivity index is 2.09. The number of hydrogen-bond acceptors (Lipinski definition) is 3. The predicted octanol–water partition coefficient (Wildman–Crippen LogP) is 4.45. The highest BCUT2D eigenvalue weighted by Crippen LogP contribution is 2.29. The molecule has 0 saturated heterocycles. The van der Waals surface area contributed by atoms with E-state index in [4.69, 9.17) is 0 Å². The number of unbranched alkanes of at least 4 members (excludes halogenated alkanes) is 1. The van der Waals surface area contributed by atoms with Crippen molar-refractivity contribution in [2.24, 2.45) is 5.41 Å². The number of anilines is 1. The number of thiazole rings is 1. The standard InChI is InChI=1S/C15H20N2OS/c1-4-5-10-15(2,3)13(18)17-14-16-11-8-6-7-9-12(11)19-14/h6-9H,4-5,10H2,1-3H3,(H,16,17,18). The summed E-state index contributed by atoms with van der Waals surface area (Å²) >= 11 is 1.52. The largest absolute Gasteiger partial charge is 0.301 e. The van der Waals surface area contributed by atoms with Gasteiger partial charge in [0.1, 0.15) is 0 Å². The van der Waals surface area contributed by atoms with Crippen LogP contribution in [0.15, 0.2) is 24.3 Å². The Kier molecular flexibility index (Phi) is 4.20. The molecule has 1 amide bonds. The van der Waals surface area contributed by atoms with Crippen LogP contribution in [0, 0.1) is 5.41 Å². The van der Waals surface area contributed by atoms with E-state index < -0.39 is 0 Å². The third-order valence-electron chi connectivity index (χ3n) is 3.28. The van der Waals surface area contributed by atoms with E-state index in [2.05, 4.69) is 17.2 Å². The van der Waals surface area contributed by atoms with Crippen LogP contribution < -0.4 is 5.32 Å². The molecule has 19 heavy (non-hydrogen) atoms. The second-order valence-corrected chi connectivity index (χ2v) is 6.46. The first-order chi connectivity index (χ1) is 9.03. The number of benzene rings is 1. The minimum Gasteiger partial charge on any atom is -0.301 e. The monoisotopic (exact) mass is 276 g/mol. The number of para-hydroxylation sites is 1. The van der Waals surface area contributed by atoms with E-state index in [1.165, 1.54) is 11.3 Å². The van der Waals surface area contributed by atoms with Crippen LogP contribution in [0.2, 0.25) is 0 Å². The Morgan fingerprint density at radius 2 is 2.11 bits per heavy atom. The van der Waals surface area contributed by atoms with Crippen LogP contribution in [0.3, 0.4) is 0 Å². The lowest BCUT2D eigenvalue weighted by Crippen LogP contribution is -2.30. The summed E-state index contributed by atoms with van der Waals surface area (Å²) in [5.74, 6) is 0.0556. The number of carbonyl (C=O) groups is 1. The Morgan fingerprint density at radius 3 is 2.79 bits per heavy atom. The fourth-order valence-corrected chi connectivity index (χ4v) is 2.79. The average Bonchev–Trinajstić information content (AvgIpc) is 2.78. The van der Waals surface area contributed by atoms with E-state index >= 15 is 0 Å². The molecule has 0 unspecified atom stereocenters. The van der Waals surface area contributed by atoms with E-state index in [9.17, 15) is 4.79 Å². The molecule has 0 saturated carbocycles. The van der Waals surface area contributed by atoms with Gasteiger partial charge in [-0.25, -0.2) is 4.98 Å². The molecule has 1 aromatic carbocycles. The maximum absolute atomic E-state index is 12.3. The second kappa shape index (κ2) is 5.70. The number of fused-ring (bicyclic) bond motifs is 1. The zero-order chi connectivity index (χ0) is 13.9. The highest BCUT2D eigenvalue weighted by molar-refractivity contribution is 7.22. The topological polar surface area (TPSA) is 42.0 Å². The van der Waals surface area contributed by atoms with Gasteiger partial charge in [-0.3, -0.25) is 4.79 Å². The Bertz CT molecular complexity index is 541. The lowest BCUT2D eigenvalue weighted by molar-refractivity contribution is -0.124. The summed E-state index contributed by atoms with van der Waals surface area (Å²) in [7, 11) is 0. The molecule has 4 heteroatoms. The minimum atomic E-state index is -0.339. The van der Waals surface area contributed by atoms with Gasteiger partial charge in [-0.05, 0) is 18.6 Å². The van der Waals surface area contributed by atoms with Gasteiger partial charge in [0.25, 0.3) is 0 Å². The maximum atomic E-state index is 12.3. The lowest BCUT2D eigenvalue weighted by atomic mass is 9.86. The van der Waals surface area contributed by atoms with Crippen LogP contribution in [-0.2, 0) is 4.79 Å². The van der Waals surface area contributed by atoms with Gasteiger partial charge in [0.05, 0.1) is 10.2 Å². The fourth-order valence-electron chi connectivity index (χ4n) is 1.92. The minimum absolute atomic E-state index is 0.0556. The smallest absolute Gasteiger partial charge is 0.231 e. The van der Waals surface area contributed by atoms with Crippen molar-refractivity contribution in [1.82, 2.24) is 4.98 Å². The number of amides is 1. The molecule has 2 rings (SSSR count). The highest BCUT2D eigenvalue weighted by atomic mass is 32.1. The SMILES string of the molecule is CCCCC(C)(C)C(=O)Nc1nc2ccccc2s1. The third kappa shape index (κ3) is 3.32. The van der Waals surface area contributed by atoms with Gasteiger partial charge < -0.3 is 5.32 Å². The van der Waals surface area contributed by atoms with E-state index in [1.807, 2.05) is 38.1 Å². The van der Waals surface area contributed by atoms with Crippen molar-refractivity contribution in [1.29, 1.82) is 0 Å². The number of nitrogens with zero attached hydrogens (tertiary/aromatic N) is 1. The quantitative estimate of drug-likeness (QED) is 0.876. The molecule has 2 aromatic rings. The third-order valence-corrected chi connectivity index (χ3v) is 4.24. The summed E-state index contributed by atoms with van der Waals surface area (Å²) in [6, 6.07) is 7.92. The molecule has 0 atom stereocenters. The van der Waals surface area contributed by atoms with E-state index in [-0.39, 0.29) is 11.3 Å². The fraction of sp³-hybridized carbons (Fsp3) is 0.467. The number of nitrogens with one attached hydrogen (secondary N) is 1. The van der Waals surface area contributed by atoms with Crippen LogP contribution in [0.1, 0.15) is 40.0 Å². The van der Waals surface area contributed by atoms with Gasteiger partial charge in [-0.1, -0.05) is 57.1 Å². The lowest BCUT2D eigenvalue weighted by Gasteiger charge is -2.22. The van der Waals surface area contributed by atoms with Crippen LogP contribution in [0.25, 0.3) is 10.2 Å². The first-order valence-corrected chi connectivity index (χ1v) is 7.51. The van der Waals surface area contributed by atoms with Crippen molar-refractivity contribution in [3.05, 3.63) is 24.3 Å². The van der Waals surface area contributed by atoms with Crippen molar-refractivity contribution < 1.29 is 4.79 Å². The molecule has 0 aliphatic carbocycles. The van der Waals surface area contributed by atoms with Gasteiger partial charge in [0.2, 0.25) is 5.91 Å². The summed E-state index contributed by atoms with van der Waals surface area (Å²) in [5.41, 5.74) is 0.600. The molecule has 0 aliphatic rings. The molecule has 1 aromatic heterocycles. The molecule has 0 fully saturated rings. The first kappa shape index (κ1) is 14.0. The molecule has 0 aliphatic heterocycles.